The lowest BCUT2D eigenvalue weighted by Crippen LogP contribution is -2.19. The van der Waals surface area contributed by atoms with E-state index in [1.807, 2.05) is 0 Å². The maximum Gasteiger partial charge on any atom is 0.146 e. The minimum atomic E-state index is -0.312. The molecule has 1 aromatic carbocycles. The van der Waals surface area contributed by atoms with Crippen LogP contribution in [-0.4, -0.2) is 18.3 Å². The summed E-state index contributed by atoms with van der Waals surface area (Å²) in [5.74, 6) is -0.312. The van der Waals surface area contributed by atoms with Gasteiger partial charge in [-0.2, -0.15) is 0 Å². The fourth-order valence-corrected chi connectivity index (χ4v) is 1.66. The van der Waals surface area contributed by atoms with Crippen LogP contribution in [-0.2, 0) is 0 Å². The molecule has 0 radical (unpaired) electrons. The average Bonchev–Trinajstić information content (AvgIpc) is 3.00. The van der Waals surface area contributed by atoms with E-state index in [1.54, 1.807) is 6.07 Å². The van der Waals surface area contributed by atoms with Gasteiger partial charge in [0.15, 0.2) is 0 Å². The van der Waals surface area contributed by atoms with Crippen LogP contribution < -0.4 is 5.32 Å². The molecule has 0 heterocycles. The molecule has 4 heteroatoms. The number of rotatable bonds is 4. The van der Waals surface area contributed by atoms with Crippen LogP contribution in [0.1, 0.15) is 12.8 Å². The number of benzene rings is 1. The van der Waals surface area contributed by atoms with E-state index in [0.29, 0.717) is 17.3 Å². The number of nitrogens with one attached hydrogen (secondary N) is 1. The Labute approximate surface area is 93.1 Å². The summed E-state index contributed by atoms with van der Waals surface area (Å²) in [6, 6.07) is 4.41. The van der Waals surface area contributed by atoms with Crippen LogP contribution in [0.4, 0.5) is 10.1 Å². The van der Waals surface area contributed by atoms with E-state index in [9.17, 15) is 4.39 Å². The molecule has 1 aliphatic carbocycles. The van der Waals surface area contributed by atoms with E-state index >= 15 is 0 Å². The fraction of sp³-hybridized carbons (Fsp3) is 0.455. The van der Waals surface area contributed by atoms with Crippen molar-refractivity contribution in [3.63, 3.8) is 0 Å². The zero-order chi connectivity index (χ0) is 10.9. The molecule has 0 atom stereocenters. The van der Waals surface area contributed by atoms with Gasteiger partial charge in [0, 0.05) is 17.0 Å². The minimum absolute atomic E-state index is 0.0330. The van der Waals surface area contributed by atoms with Crippen molar-refractivity contribution >= 4 is 17.3 Å². The predicted octanol–water partition coefficient (Wildman–Crippen LogP) is 2.66. The van der Waals surface area contributed by atoms with Crippen LogP contribution in [0.3, 0.4) is 0 Å². The normalized spacial score (nSPS) is 17.5. The summed E-state index contributed by atoms with van der Waals surface area (Å²) in [5.41, 5.74) is 0.372. The Balaban J connectivity index is 2.01. The summed E-state index contributed by atoms with van der Waals surface area (Å²) in [5, 5.41) is 12.6. The van der Waals surface area contributed by atoms with Crippen molar-refractivity contribution in [1.82, 2.24) is 0 Å². The molecule has 2 N–H and O–H groups in total. The Morgan fingerprint density at radius 2 is 2.20 bits per heavy atom. The lowest BCUT2D eigenvalue weighted by Gasteiger charge is -2.14. The SMILES string of the molecule is OCC1(CNc2cc(Cl)ccc2F)CC1. The van der Waals surface area contributed by atoms with Gasteiger partial charge < -0.3 is 10.4 Å². The van der Waals surface area contributed by atoms with Crippen LogP contribution in [0.5, 0.6) is 0 Å². The molecule has 0 spiro atoms. The molecule has 82 valence electrons. The van der Waals surface area contributed by atoms with Crippen molar-refractivity contribution in [2.75, 3.05) is 18.5 Å². The third-order valence-electron chi connectivity index (χ3n) is 2.87. The van der Waals surface area contributed by atoms with Gasteiger partial charge in [-0.1, -0.05) is 11.6 Å². The number of hydrogen-bond acceptors (Lipinski definition) is 2. The number of aliphatic hydroxyl groups excluding tert-OH is 1. The maximum atomic E-state index is 13.3. The number of anilines is 1. The minimum Gasteiger partial charge on any atom is -0.396 e. The molecule has 15 heavy (non-hydrogen) atoms. The average molecular weight is 230 g/mol. The lowest BCUT2D eigenvalue weighted by atomic mass is 10.1. The van der Waals surface area contributed by atoms with E-state index in [4.69, 9.17) is 16.7 Å². The predicted molar refractivity (Wildman–Crippen MR) is 58.7 cm³/mol. The van der Waals surface area contributed by atoms with Gasteiger partial charge >= 0.3 is 0 Å². The summed E-state index contributed by atoms with van der Waals surface area (Å²) < 4.78 is 13.3. The second-order valence-electron chi connectivity index (χ2n) is 4.14. The van der Waals surface area contributed by atoms with Crippen molar-refractivity contribution in [1.29, 1.82) is 0 Å². The first-order valence-electron chi connectivity index (χ1n) is 4.95. The number of aliphatic hydroxyl groups is 1. The highest BCUT2D eigenvalue weighted by Crippen LogP contribution is 2.45. The second-order valence-corrected chi connectivity index (χ2v) is 4.57. The first-order chi connectivity index (χ1) is 7.15. The Hall–Kier alpha value is -0.800. The number of hydrogen-bond donors (Lipinski definition) is 2. The summed E-state index contributed by atoms with van der Waals surface area (Å²) in [4.78, 5) is 0. The van der Waals surface area contributed by atoms with Crippen molar-refractivity contribution in [2.45, 2.75) is 12.8 Å². The van der Waals surface area contributed by atoms with Crippen LogP contribution in [0.15, 0.2) is 18.2 Å². The maximum absolute atomic E-state index is 13.3. The highest BCUT2D eigenvalue weighted by molar-refractivity contribution is 6.30. The zero-order valence-corrected chi connectivity index (χ0v) is 9.02. The van der Waals surface area contributed by atoms with Gasteiger partial charge in [0.2, 0.25) is 0 Å². The molecule has 1 saturated carbocycles. The van der Waals surface area contributed by atoms with E-state index in [1.165, 1.54) is 12.1 Å². The molecule has 1 aliphatic rings. The second kappa shape index (κ2) is 3.99. The van der Waals surface area contributed by atoms with Gasteiger partial charge in [-0.05, 0) is 31.0 Å². The van der Waals surface area contributed by atoms with Crippen LogP contribution >= 0.6 is 11.6 Å². The third kappa shape index (κ3) is 2.41. The molecule has 2 nitrogen and oxygen atoms in total. The highest BCUT2D eigenvalue weighted by atomic mass is 35.5. The largest absolute Gasteiger partial charge is 0.396 e. The first-order valence-corrected chi connectivity index (χ1v) is 5.33. The molecule has 0 bridgehead atoms. The topological polar surface area (TPSA) is 32.3 Å². The summed E-state index contributed by atoms with van der Waals surface area (Å²) in [6.45, 7) is 0.753. The molecule has 1 fully saturated rings. The summed E-state index contributed by atoms with van der Waals surface area (Å²) in [6.07, 6.45) is 2.00. The molecule has 2 rings (SSSR count). The third-order valence-corrected chi connectivity index (χ3v) is 3.11. The van der Waals surface area contributed by atoms with E-state index in [2.05, 4.69) is 5.32 Å². The van der Waals surface area contributed by atoms with Crippen LogP contribution in [0.25, 0.3) is 0 Å². The van der Waals surface area contributed by atoms with Crippen molar-refractivity contribution < 1.29 is 9.50 Å². The molecule has 0 aromatic heterocycles. The number of halogens is 2. The monoisotopic (exact) mass is 229 g/mol. The van der Waals surface area contributed by atoms with E-state index < -0.39 is 0 Å². The van der Waals surface area contributed by atoms with Crippen molar-refractivity contribution in [2.24, 2.45) is 5.41 Å². The van der Waals surface area contributed by atoms with Crippen molar-refractivity contribution in [3.05, 3.63) is 29.0 Å². The van der Waals surface area contributed by atoms with E-state index in [-0.39, 0.29) is 17.8 Å². The smallest absolute Gasteiger partial charge is 0.146 e. The lowest BCUT2D eigenvalue weighted by molar-refractivity contribution is 0.219. The molecular weight excluding hydrogens is 217 g/mol. The molecule has 0 saturated heterocycles. The van der Waals surface area contributed by atoms with Gasteiger partial charge in [0.05, 0.1) is 12.3 Å². The molecule has 0 amide bonds. The first kappa shape index (κ1) is 10.7. The van der Waals surface area contributed by atoms with Crippen LogP contribution in [0, 0.1) is 11.2 Å². The highest BCUT2D eigenvalue weighted by Gasteiger charge is 2.41. The van der Waals surface area contributed by atoms with Gasteiger partial charge in [0.25, 0.3) is 0 Å². The standard InChI is InChI=1S/C11H13ClFNO/c12-8-1-2-9(13)10(5-8)14-6-11(7-15)3-4-11/h1-2,5,14-15H,3-4,6-7H2. The molecular formula is C11H13ClFNO. The molecule has 1 aromatic rings. The molecule has 0 aliphatic heterocycles. The van der Waals surface area contributed by atoms with Crippen LogP contribution in [0.2, 0.25) is 5.02 Å². The van der Waals surface area contributed by atoms with Gasteiger partial charge in [0.1, 0.15) is 5.82 Å². The van der Waals surface area contributed by atoms with Gasteiger partial charge in [-0.15, -0.1) is 0 Å². The van der Waals surface area contributed by atoms with Gasteiger partial charge in [-0.3, -0.25) is 0 Å². The Bertz CT molecular complexity index is 366. The van der Waals surface area contributed by atoms with Gasteiger partial charge in [-0.25, -0.2) is 4.39 Å². The quantitative estimate of drug-likeness (QED) is 0.832. The zero-order valence-electron chi connectivity index (χ0n) is 8.26. The Morgan fingerprint density at radius 3 is 2.80 bits per heavy atom. The Kier molecular flexibility index (Phi) is 2.85. The summed E-state index contributed by atoms with van der Waals surface area (Å²) >= 11 is 5.76. The fourth-order valence-electron chi connectivity index (χ4n) is 1.48. The molecule has 0 unspecified atom stereocenters. The summed E-state index contributed by atoms with van der Waals surface area (Å²) in [7, 11) is 0. The Morgan fingerprint density at radius 1 is 1.47 bits per heavy atom. The van der Waals surface area contributed by atoms with E-state index in [0.717, 1.165) is 12.8 Å². The van der Waals surface area contributed by atoms with Crippen molar-refractivity contribution in [3.8, 4) is 0 Å².